The largest absolute Gasteiger partial charge is 0.325 e. The van der Waals surface area contributed by atoms with Gasteiger partial charge in [-0.15, -0.1) is 0 Å². The van der Waals surface area contributed by atoms with Crippen molar-refractivity contribution in [2.75, 3.05) is 5.32 Å². The first-order chi connectivity index (χ1) is 12.6. The maximum atomic E-state index is 11.9. The fourth-order valence-corrected chi connectivity index (χ4v) is 2.10. The molecular weight excluding hydrogens is 322 g/mol. The van der Waals surface area contributed by atoms with Crippen LogP contribution in [-0.4, -0.2) is 10.9 Å². The fourth-order valence-electron chi connectivity index (χ4n) is 2.10. The van der Waals surface area contributed by atoms with Crippen LogP contribution in [0.2, 0.25) is 0 Å². The van der Waals surface area contributed by atoms with E-state index in [1.54, 1.807) is 24.5 Å². The highest BCUT2D eigenvalue weighted by molar-refractivity contribution is 5.92. The van der Waals surface area contributed by atoms with Crippen molar-refractivity contribution in [2.45, 2.75) is 54.4 Å². The van der Waals surface area contributed by atoms with Crippen molar-refractivity contribution >= 4 is 11.6 Å². The Morgan fingerprint density at radius 2 is 1.73 bits per heavy atom. The van der Waals surface area contributed by atoms with Crippen molar-refractivity contribution in [1.82, 2.24) is 4.98 Å². The molecule has 1 heterocycles. The van der Waals surface area contributed by atoms with Gasteiger partial charge < -0.3 is 5.32 Å². The van der Waals surface area contributed by atoms with E-state index in [1.165, 1.54) is 0 Å². The van der Waals surface area contributed by atoms with Crippen molar-refractivity contribution in [3.8, 4) is 17.2 Å². The Hall–Kier alpha value is -2.67. The summed E-state index contributed by atoms with van der Waals surface area (Å²) < 4.78 is 0. The van der Waals surface area contributed by atoms with E-state index in [-0.39, 0.29) is 7.33 Å². The van der Waals surface area contributed by atoms with Crippen LogP contribution >= 0.6 is 0 Å². The molecule has 0 bridgehead atoms. The van der Waals surface area contributed by atoms with Gasteiger partial charge in [-0.3, -0.25) is 9.78 Å². The molecule has 0 aliphatic carbocycles. The Bertz CT molecular complexity index is 694. The van der Waals surface area contributed by atoms with Gasteiger partial charge in [-0.25, -0.2) is 0 Å². The zero-order valence-corrected chi connectivity index (χ0v) is 16.8. The lowest BCUT2D eigenvalue weighted by Crippen LogP contribution is -2.13. The molecule has 1 N–H and O–H groups in total. The molecule has 0 spiro atoms. The van der Waals surface area contributed by atoms with Gasteiger partial charge in [0.15, 0.2) is 0 Å². The summed E-state index contributed by atoms with van der Waals surface area (Å²) in [6, 6.07) is 11.4. The van der Waals surface area contributed by atoms with Crippen LogP contribution in [0.25, 0.3) is 11.1 Å². The molecule has 2 aromatic rings. The summed E-state index contributed by atoms with van der Waals surface area (Å²) in [5.41, 5.74) is 2.95. The molecule has 26 heavy (non-hydrogen) atoms. The Morgan fingerprint density at radius 3 is 2.27 bits per heavy atom. The number of rotatable bonds is 5. The minimum atomic E-state index is -0.0538. The molecule has 0 aliphatic heterocycles. The third kappa shape index (κ3) is 7.94. The van der Waals surface area contributed by atoms with Crippen molar-refractivity contribution < 1.29 is 6.22 Å². The average molecular weight is 356 g/mol. The molecule has 0 saturated carbocycles. The highest BCUT2D eigenvalue weighted by Gasteiger charge is 2.09. The molecule has 0 fully saturated rings. The number of aromatic nitrogens is 1. The van der Waals surface area contributed by atoms with Crippen LogP contribution in [-0.2, 0) is 4.79 Å². The smallest absolute Gasteiger partial charge is 0.224 e. The van der Waals surface area contributed by atoms with Crippen LogP contribution in [0.4, 0.5) is 5.69 Å². The number of hydrogen-bond acceptors (Lipinski definition) is 3. The standard InChI is InChI=1S/C18H19N3O.2C2H6.H2/c1-13(2)3-6-18(22)21-17-5-4-15(11-16(17)12-19)14-7-9-20-10-8-14;2*1-2;/h4-5,7-11,13H,3,6H2,1-2H3,(H,21,22);2*1-2H3;1H. The van der Waals surface area contributed by atoms with Gasteiger partial charge in [-0.2, -0.15) is 5.26 Å². The number of pyridine rings is 1. The first kappa shape index (κ1) is 23.3. The number of carbonyl (C=O) groups excluding carboxylic acids is 1. The maximum absolute atomic E-state index is 11.9. The molecule has 1 aromatic carbocycles. The molecule has 0 unspecified atom stereocenters. The summed E-state index contributed by atoms with van der Waals surface area (Å²) in [5.74, 6) is 0.428. The normalized spacial score (nSPS) is 9.15. The molecular formula is C22H33N3O. The van der Waals surface area contributed by atoms with Crippen LogP contribution in [0.15, 0.2) is 42.7 Å². The Morgan fingerprint density at radius 1 is 1.12 bits per heavy atom. The van der Waals surface area contributed by atoms with Crippen LogP contribution in [0, 0.1) is 17.2 Å². The molecule has 0 radical (unpaired) electrons. The van der Waals surface area contributed by atoms with Gasteiger partial charge in [0.25, 0.3) is 0 Å². The number of amides is 1. The van der Waals surface area contributed by atoms with Gasteiger partial charge in [0.2, 0.25) is 5.91 Å². The highest BCUT2D eigenvalue weighted by atomic mass is 16.1. The van der Waals surface area contributed by atoms with Gasteiger partial charge in [-0.05, 0) is 47.7 Å². The van der Waals surface area contributed by atoms with Crippen molar-refractivity contribution in [3.63, 3.8) is 0 Å². The van der Waals surface area contributed by atoms with Crippen LogP contribution in [0.1, 0.15) is 61.4 Å². The van der Waals surface area contributed by atoms with E-state index in [1.807, 2.05) is 45.9 Å². The Labute approximate surface area is 159 Å². The lowest BCUT2D eigenvalue weighted by molar-refractivity contribution is -0.116. The number of hydrogen-bond donors (Lipinski definition) is 1. The quantitative estimate of drug-likeness (QED) is 0.685. The van der Waals surface area contributed by atoms with Crippen molar-refractivity contribution in [1.29, 1.82) is 5.26 Å². The van der Waals surface area contributed by atoms with Crippen LogP contribution in [0.5, 0.6) is 0 Å². The van der Waals surface area contributed by atoms with Gasteiger partial charge in [0.1, 0.15) is 6.07 Å². The molecule has 2 rings (SSSR count). The van der Waals surface area contributed by atoms with Gasteiger partial charge >= 0.3 is 0 Å². The second-order valence-electron chi connectivity index (χ2n) is 5.59. The summed E-state index contributed by atoms with van der Waals surface area (Å²) in [6.45, 7) is 12.2. The number of nitriles is 1. The van der Waals surface area contributed by atoms with E-state index in [9.17, 15) is 10.1 Å². The predicted octanol–water partition coefficient (Wildman–Crippen LogP) is 6.29. The van der Waals surface area contributed by atoms with Crippen LogP contribution < -0.4 is 5.32 Å². The first-order valence-corrected chi connectivity index (χ1v) is 9.34. The second kappa shape index (κ2) is 13.6. The Kier molecular flexibility index (Phi) is 12.2. The Balaban J connectivity index is 0. The monoisotopic (exact) mass is 355 g/mol. The summed E-state index contributed by atoms with van der Waals surface area (Å²) >= 11 is 0. The molecule has 4 nitrogen and oxygen atoms in total. The van der Waals surface area contributed by atoms with E-state index in [4.69, 9.17) is 0 Å². The molecule has 0 aliphatic rings. The second-order valence-corrected chi connectivity index (χ2v) is 5.59. The van der Waals surface area contributed by atoms with E-state index in [2.05, 4.69) is 30.2 Å². The molecule has 1 aromatic heterocycles. The number of carbonyl (C=O) groups is 1. The van der Waals surface area contributed by atoms with E-state index < -0.39 is 0 Å². The summed E-state index contributed by atoms with van der Waals surface area (Å²) in [6.07, 6.45) is 4.73. The average Bonchev–Trinajstić information content (AvgIpc) is 2.70. The molecule has 0 saturated heterocycles. The van der Waals surface area contributed by atoms with Crippen molar-refractivity contribution in [2.24, 2.45) is 5.92 Å². The maximum Gasteiger partial charge on any atom is 0.224 e. The van der Waals surface area contributed by atoms with Crippen molar-refractivity contribution in [3.05, 3.63) is 48.3 Å². The zero-order chi connectivity index (χ0) is 19.9. The minimum Gasteiger partial charge on any atom is -0.325 e. The SMILES string of the molecule is CC.CC.CC(C)CCC(=O)Nc1ccc(-c2ccncc2)cc1C#N.[HH]. The third-order valence-electron chi connectivity index (χ3n) is 3.38. The summed E-state index contributed by atoms with van der Waals surface area (Å²) in [5, 5.41) is 12.1. The van der Waals surface area contributed by atoms with E-state index in [0.29, 0.717) is 23.6 Å². The highest BCUT2D eigenvalue weighted by Crippen LogP contribution is 2.24. The van der Waals surface area contributed by atoms with Crippen LogP contribution in [0.3, 0.4) is 0 Å². The summed E-state index contributed by atoms with van der Waals surface area (Å²) in [4.78, 5) is 15.9. The zero-order valence-electron chi connectivity index (χ0n) is 16.8. The van der Waals surface area contributed by atoms with Gasteiger partial charge in [0.05, 0.1) is 11.3 Å². The fraction of sp³-hybridized carbons (Fsp3) is 0.409. The molecule has 1 amide bonds. The topological polar surface area (TPSA) is 65.8 Å². The minimum absolute atomic E-state index is 0. The number of benzene rings is 1. The lowest BCUT2D eigenvalue weighted by Gasteiger charge is -2.10. The van der Waals surface area contributed by atoms with E-state index in [0.717, 1.165) is 17.5 Å². The lowest BCUT2D eigenvalue weighted by atomic mass is 10.0. The summed E-state index contributed by atoms with van der Waals surface area (Å²) in [7, 11) is 0. The van der Waals surface area contributed by atoms with E-state index >= 15 is 0 Å². The predicted molar refractivity (Wildman–Crippen MR) is 112 cm³/mol. The number of anilines is 1. The third-order valence-corrected chi connectivity index (χ3v) is 3.38. The number of nitrogens with one attached hydrogen (secondary N) is 1. The first-order valence-electron chi connectivity index (χ1n) is 9.34. The molecule has 142 valence electrons. The molecule has 4 heteroatoms. The number of nitrogens with zero attached hydrogens (tertiary/aromatic N) is 2. The van der Waals surface area contributed by atoms with Gasteiger partial charge in [-0.1, -0.05) is 47.6 Å². The molecule has 0 atom stereocenters. The van der Waals surface area contributed by atoms with Gasteiger partial charge in [0, 0.05) is 20.2 Å².